The number of halogens is 2. The zero-order chi connectivity index (χ0) is 21.1. The van der Waals surface area contributed by atoms with Gasteiger partial charge in [-0.1, -0.05) is 36.7 Å². The van der Waals surface area contributed by atoms with Gasteiger partial charge in [0.15, 0.2) is 0 Å². The summed E-state index contributed by atoms with van der Waals surface area (Å²) in [6, 6.07) is 2.78. The topological polar surface area (TPSA) is 76.1 Å². The van der Waals surface area contributed by atoms with E-state index in [1.807, 2.05) is 11.8 Å². The fourth-order valence-corrected chi connectivity index (χ4v) is 4.02. The summed E-state index contributed by atoms with van der Waals surface area (Å²) in [5.74, 6) is -0.0775. The summed E-state index contributed by atoms with van der Waals surface area (Å²) in [5, 5.41) is 13.8. The van der Waals surface area contributed by atoms with Crippen LogP contribution < -0.4 is 5.32 Å². The second-order valence-electron chi connectivity index (χ2n) is 7.35. The molecular formula is C20H26Cl2N4O3. The number of phenols is 1. The molecule has 0 aliphatic carbocycles. The maximum atomic E-state index is 13.0. The van der Waals surface area contributed by atoms with Gasteiger partial charge in [-0.05, 0) is 18.6 Å². The number of likely N-dealkylation sites (tertiary alicyclic amines) is 1. The van der Waals surface area contributed by atoms with Crippen molar-refractivity contribution in [1.82, 2.24) is 14.7 Å². The van der Waals surface area contributed by atoms with Gasteiger partial charge in [-0.25, -0.2) is 0 Å². The van der Waals surface area contributed by atoms with Crippen molar-refractivity contribution in [2.45, 2.75) is 25.4 Å². The second-order valence-corrected chi connectivity index (χ2v) is 8.17. The first-order valence-corrected chi connectivity index (χ1v) is 10.5. The Hall–Kier alpha value is -1.96. The summed E-state index contributed by atoms with van der Waals surface area (Å²) in [4.78, 5) is 30.5. The lowest BCUT2D eigenvalue weighted by Gasteiger charge is -2.48. The van der Waals surface area contributed by atoms with E-state index in [4.69, 9.17) is 23.2 Å². The third kappa shape index (κ3) is 4.79. The molecule has 2 heterocycles. The summed E-state index contributed by atoms with van der Waals surface area (Å²) in [5.41, 5.74) is 0.389. The van der Waals surface area contributed by atoms with E-state index < -0.39 is 6.04 Å². The molecule has 29 heavy (non-hydrogen) atoms. The molecule has 0 radical (unpaired) electrons. The Bertz CT molecular complexity index is 790. The molecule has 1 aromatic carbocycles. The number of hydrogen-bond acceptors (Lipinski definition) is 5. The number of amides is 2. The number of phenolic OH excluding ortho intramolecular Hbond substituents is 1. The normalized spacial score (nSPS) is 18.9. The van der Waals surface area contributed by atoms with Gasteiger partial charge in [-0.15, -0.1) is 0 Å². The molecule has 158 valence electrons. The minimum absolute atomic E-state index is 0.00491. The molecule has 2 saturated heterocycles. The zero-order valence-electron chi connectivity index (χ0n) is 16.4. The fraction of sp³-hybridized carbons (Fsp3) is 0.500. The van der Waals surface area contributed by atoms with Gasteiger partial charge in [-0.2, -0.15) is 0 Å². The lowest BCUT2D eigenvalue weighted by Crippen LogP contribution is -2.64. The van der Waals surface area contributed by atoms with Crippen molar-refractivity contribution >= 4 is 40.7 Å². The first-order chi connectivity index (χ1) is 13.8. The van der Waals surface area contributed by atoms with Gasteiger partial charge in [0.2, 0.25) is 11.8 Å². The molecular weight excluding hydrogens is 415 g/mol. The van der Waals surface area contributed by atoms with Crippen LogP contribution in [-0.4, -0.2) is 83.0 Å². The van der Waals surface area contributed by atoms with Gasteiger partial charge in [-0.3, -0.25) is 14.5 Å². The number of aromatic hydroxyl groups is 1. The highest BCUT2D eigenvalue weighted by atomic mass is 35.5. The van der Waals surface area contributed by atoms with Crippen LogP contribution in [-0.2, 0) is 9.59 Å². The molecule has 1 unspecified atom stereocenters. The van der Waals surface area contributed by atoms with Crippen LogP contribution in [0.25, 0.3) is 0 Å². The highest BCUT2D eigenvalue weighted by molar-refractivity contribution is 6.42. The molecule has 2 amide bonds. The molecule has 0 saturated carbocycles. The number of carbonyl (C=O) groups is 2. The number of carbonyl (C=O) groups excluding carboxylic acids is 2. The van der Waals surface area contributed by atoms with E-state index in [1.54, 1.807) is 4.90 Å². The molecule has 0 bridgehead atoms. The minimum atomic E-state index is -0.464. The highest BCUT2D eigenvalue weighted by Gasteiger charge is 2.36. The summed E-state index contributed by atoms with van der Waals surface area (Å²) in [7, 11) is 0. The molecule has 2 aliphatic rings. The van der Waals surface area contributed by atoms with Crippen molar-refractivity contribution in [2.24, 2.45) is 0 Å². The Balaban J connectivity index is 1.53. The third-order valence-corrected chi connectivity index (χ3v) is 6.29. The molecule has 1 atom stereocenters. The van der Waals surface area contributed by atoms with Crippen LogP contribution in [0.4, 0.5) is 5.69 Å². The Morgan fingerprint density at radius 1 is 1.21 bits per heavy atom. The number of nitrogens with one attached hydrogen (secondary N) is 1. The van der Waals surface area contributed by atoms with Crippen LogP contribution in [0.3, 0.4) is 0 Å². The number of rotatable bonds is 6. The number of nitrogens with zero attached hydrogens (tertiary/aromatic N) is 3. The van der Waals surface area contributed by atoms with Gasteiger partial charge in [0.1, 0.15) is 11.8 Å². The largest absolute Gasteiger partial charge is 0.506 e. The van der Waals surface area contributed by atoms with Crippen molar-refractivity contribution in [1.29, 1.82) is 0 Å². The number of piperazine rings is 1. The van der Waals surface area contributed by atoms with E-state index in [-0.39, 0.29) is 22.6 Å². The maximum Gasteiger partial charge on any atom is 0.246 e. The Labute approximate surface area is 180 Å². The molecule has 9 heteroatoms. The first-order valence-electron chi connectivity index (χ1n) is 9.72. The molecule has 1 aromatic rings. The average molecular weight is 441 g/mol. The Morgan fingerprint density at radius 2 is 1.83 bits per heavy atom. The lowest BCUT2D eigenvalue weighted by molar-refractivity contribution is -0.137. The van der Waals surface area contributed by atoms with E-state index in [1.165, 1.54) is 18.2 Å². The lowest BCUT2D eigenvalue weighted by atomic mass is 10.1. The standard InChI is InChI=1S/C20H26Cl2N4O3/c1-3-16(23-17-9-14(21)15(22)10-18(17)27)20(29)25-7-5-24(6-8-25)13-11-26(12-13)19(28)4-2/h4,9-10,13,16,23,27H,2-3,5-8,11-12H2,1H3. The van der Waals surface area contributed by atoms with Crippen LogP contribution in [0.5, 0.6) is 5.75 Å². The van der Waals surface area contributed by atoms with Gasteiger partial charge in [0.25, 0.3) is 0 Å². The number of hydrogen-bond donors (Lipinski definition) is 2. The first kappa shape index (κ1) is 21.7. The highest BCUT2D eigenvalue weighted by Crippen LogP contribution is 2.34. The van der Waals surface area contributed by atoms with Gasteiger partial charge in [0.05, 0.1) is 15.7 Å². The quantitative estimate of drug-likeness (QED) is 0.524. The van der Waals surface area contributed by atoms with Gasteiger partial charge >= 0.3 is 0 Å². The van der Waals surface area contributed by atoms with Crippen LogP contribution in [0.15, 0.2) is 24.8 Å². The SMILES string of the molecule is C=CC(=O)N1CC(N2CCN(C(=O)C(CC)Nc3cc(Cl)c(Cl)cc3O)CC2)C1. The summed E-state index contributed by atoms with van der Waals surface area (Å²) in [6.07, 6.45) is 1.91. The Kier molecular flexibility index (Phi) is 6.93. The van der Waals surface area contributed by atoms with Gasteiger partial charge < -0.3 is 20.2 Å². The van der Waals surface area contributed by atoms with Crippen LogP contribution in [0.2, 0.25) is 10.0 Å². The van der Waals surface area contributed by atoms with Crippen LogP contribution in [0.1, 0.15) is 13.3 Å². The van der Waals surface area contributed by atoms with Crippen molar-refractivity contribution in [3.63, 3.8) is 0 Å². The predicted octanol–water partition coefficient (Wildman–Crippen LogP) is 2.43. The molecule has 7 nitrogen and oxygen atoms in total. The molecule has 2 fully saturated rings. The molecule has 2 aliphatic heterocycles. The summed E-state index contributed by atoms with van der Waals surface area (Å²) >= 11 is 11.9. The number of anilines is 1. The molecule has 3 rings (SSSR count). The summed E-state index contributed by atoms with van der Waals surface area (Å²) < 4.78 is 0. The smallest absolute Gasteiger partial charge is 0.246 e. The van der Waals surface area contributed by atoms with E-state index in [0.29, 0.717) is 49.4 Å². The monoisotopic (exact) mass is 440 g/mol. The van der Waals surface area contributed by atoms with Gasteiger partial charge in [0, 0.05) is 51.4 Å². The van der Waals surface area contributed by atoms with Crippen molar-refractivity contribution in [3.8, 4) is 5.75 Å². The predicted molar refractivity (Wildman–Crippen MR) is 115 cm³/mol. The summed E-state index contributed by atoms with van der Waals surface area (Å²) in [6.45, 7) is 9.69. The second kappa shape index (κ2) is 9.24. The van der Waals surface area contributed by atoms with E-state index in [2.05, 4.69) is 16.8 Å². The maximum absolute atomic E-state index is 13.0. The van der Waals surface area contributed by atoms with E-state index in [9.17, 15) is 14.7 Å². The third-order valence-electron chi connectivity index (χ3n) is 5.57. The number of benzene rings is 1. The van der Waals surface area contributed by atoms with Crippen LogP contribution >= 0.6 is 23.2 Å². The van der Waals surface area contributed by atoms with Crippen molar-refractivity contribution in [2.75, 3.05) is 44.6 Å². The average Bonchev–Trinajstić information content (AvgIpc) is 2.68. The van der Waals surface area contributed by atoms with Crippen LogP contribution in [0, 0.1) is 0 Å². The zero-order valence-corrected chi connectivity index (χ0v) is 17.9. The Morgan fingerprint density at radius 3 is 2.41 bits per heavy atom. The molecule has 0 aromatic heterocycles. The van der Waals surface area contributed by atoms with Crippen molar-refractivity contribution in [3.05, 3.63) is 34.8 Å². The van der Waals surface area contributed by atoms with E-state index >= 15 is 0 Å². The molecule has 0 spiro atoms. The minimum Gasteiger partial charge on any atom is -0.506 e. The molecule has 2 N–H and O–H groups in total. The van der Waals surface area contributed by atoms with E-state index in [0.717, 1.165) is 13.1 Å². The fourth-order valence-electron chi connectivity index (χ4n) is 3.70. The van der Waals surface area contributed by atoms with Crippen molar-refractivity contribution < 1.29 is 14.7 Å².